The van der Waals surface area contributed by atoms with Gasteiger partial charge in [-0.25, -0.2) is 9.36 Å². The van der Waals surface area contributed by atoms with Gasteiger partial charge in [0.15, 0.2) is 37.7 Å². The van der Waals surface area contributed by atoms with Gasteiger partial charge < -0.3 is 245 Å². The molecular weight excluding hydrogens is 2020 g/mol. The van der Waals surface area contributed by atoms with Crippen LogP contribution in [0.25, 0.3) is 0 Å². The van der Waals surface area contributed by atoms with E-state index < -0.39 is 282 Å². The van der Waals surface area contributed by atoms with Crippen molar-refractivity contribution in [3.63, 3.8) is 0 Å². The molecular formula is C92H159N9O49. The van der Waals surface area contributed by atoms with Gasteiger partial charge in [0, 0.05) is 58.2 Å². The van der Waals surface area contributed by atoms with Crippen molar-refractivity contribution >= 4 is 17.7 Å². The molecule has 0 unspecified atom stereocenters. The second kappa shape index (κ2) is 61.9. The highest BCUT2D eigenvalue weighted by Crippen LogP contribution is 2.42. The fourth-order valence-corrected chi connectivity index (χ4v) is 17.2. The number of rotatable bonds is 29. The SMILES string of the molecule is C=CCO[C@H]1O[C@H](CO)[C@H](O)[C@H](O)[C@H]1NC(C)=O.C=CCO[C@H]1O[C@H](Cn2cc(CO)nn2)[C@H](O)[C@H](O)[C@H]1NC(C)=O.CCC(=O)N[C@@H]1[C@@H](O)[C@@H](O)[C@@H](CO)O[C@H]1C.CO[C@H]1OC(CO)(CO)[C@H](O)[C@H](O)[C@H]1C.CO[C@H]1O[C@H](CO)[C@H](O)[C@H](O)[C@H]1C.C[C@@H]1OC(CO)(CO)[C@H](O)[C@H](O)[C@H]1O.C[C@H]1[C@H]2OC[C@](CO)(O2)[C@H](O)[C@@H]1O.C[C@H]1[C@H]2OC[C@](CO)(O2)[C@H](O)[C@@H]1O.Cc1ccc(OCc2cn([C@H]3CO[C@H](CO)[C@H](O)[C@@H]3O)nn2)cc1. The summed E-state index contributed by atoms with van der Waals surface area (Å²) in [4.78, 5) is 33.6. The smallest absolute Gasteiger partial charge is 0.220 e. The Morgan fingerprint density at radius 1 is 0.433 bits per heavy atom. The zero-order valence-corrected chi connectivity index (χ0v) is 85.4. The summed E-state index contributed by atoms with van der Waals surface area (Å²) in [6.07, 6.45) is -25.5. The lowest BCUT2D eigenvalue weighted by Crippen LogP contribution is -2.66. The molecule has 3 aromatic rings. The molecule has 0 saturated carbocycles. The van der Waals surface area contributed by atoms with Gasteiger partial charge in [-0.05, 0) is 32.9 Å². The molecule has 3 amide bonds. The standard InChI is InChI=1S/C16H21N3O5.C14H22N4O6.C11H19NO6.C10H19NO5.C9H18O6.C8H16O6.2C8H14O5.C8H16O5/c1-10-2-4-12(5-3-10)23-8-11-6-19(18-17-11)13-9-24-14(7-20)16(22)15(13)21;1-3-4-23-14-11(15-8(2)20)13(22)12(21)10(24-14)6-18-5-9(7-19)16-17-18;1-3-4-17-11-8(12-6(2)14)10(16)9(15)7(5-13)18-11;1-3-7(13)11-8-5(2)16-6(4-12)9(14)10(8)15;1-5-6(12)7(13)9(3-10,4-11)15-8(5)14-2;1-4-5(11)6(12)7(13)8(2-9,3-10)14-4;2*1-4-5(10)6(11)8(2-9)3-12-7(4)13-8;1-4-6(10)7(11)5(3-9)13-8(4)12-2/h2-6,13-16,20-22H,7-9H2,1H3;3,5,10-14,19,21-22H,1,4,6-7H2,2H3,(H,15,20);3,7-11,13,15-16H,1,4-5H2,2H3,(H,12,14);5-6,8-10,12,14-15H,3-4H2,1-2H3,(H,11,13);5-8,10-13H,3-4H2,1-2H3;4-7,9-13H,2-3H2,1H3;2*4-7,9-11H,2-3H2,1H3;4-11H,3H2,1-2H3/t13-,14+,15+,16-;10-,11-,12+,13-,14+;7-,8-,9+,10-,11+;5-,6+,8-,9-,10+;5-,6-,7-,8+;4-,5-,6+,7+;3*4-,5-,6-,7+,8+/m011010111/s1. The molecule has 11 fully saturated rings. The molecule has 13 heterocycles. The first-order valence-electron chi connectivity index (χ1n) is 48.5. The largest absolute Gasteiger partial charge is 0.487 e. The minimum Gasteiger partial charge on any atom is -0.487 e. The lowest BCUT2D eigenvalue weighted by molar-refractivity contribution is -0.325. The number of carbonyl (C=O) groups is 3. The number of aliphatic hydroxyl groups is 30. The summed E-state index contributed by atoms with van der Waals surface area (Å²) in [5.41, 5.74) is -3.27. The van der Waals surface area contributed by atoms with E-state index in [1.54, 1.807) is 47.7 Å². The summed E-state index contributed by atoms with van der Waals surface area (Å²) in [6, 6.07) is 4.64. The Hall–Kier alpha value is -6.61. The average molecular weight is 2180 g/mol. The minimum absolute atomic E-state index is 0.0893. The Bertz CT molecular complexity index is 4300. The van der Waals surface area contributed by atoms with Crippen molar-refractivity contribution in [3.05, 3.63) is 78.9 Å². The maximum Gasteiger partial charge on any atom is 0.220 e. The van der Waals surface area contributed by atoms with E-state index in [-0.39, 0.29) is 121 Å². The van der Waals surface area contributed by atoms with Crippen LogP contribution in [0, 0.1) is 30.6 Å². The Kier molecular flexibility index (Phi) is 54.5. The first-order chi connectivity index (χ1) is 70.9. The molecule has 866 valence electrons. The van der Waals surface area contributed by atoms with Gasteiger partial charge in [-0.15, -0.1) is 23.4 Å². The van der Waals surface area contributed by atoms with Crippen LogP contribution in [0.1, 0.15) is 91.7 Å². The second-order valence-electron chi connectivity index (χ2n) is 37.9. The molecule has 11 aliphatic heterocycles. The molecule has 14 rings (SSSR count). The van der Waals surface area contributed by atoms with E-state index in [2.05, 4.69) is 49.7 Å². The Balaban J connectivity index is 0.000000260. The molecule has 0 radical (unpaired) electrons. The van der Waals surface area contributed by atoms with Crippen LogP contribution >= 0.6 is 0 Å². The van der Waals surface area contributed by atoms with Crippen LogP contribution in [0.3, 0.4) is 0 Å². The van der Waals surface area contributed by atoms with Gasteiger partial charge in [0.05, 0.1) is 167 Å². The van der Waals surface area contributed by atoms with E-state index in [1.807, 2.05) is 31.2 Å². The monoisotopic (exact) mass is 2170 g/mol. The molecule has 0 spiro atoms. The Morgan fingerprint density at radius 2 is 0.853 bits per heavy atom. The Morgan fingerprint density at radius 3 is 1.29 bits per heavy atom. The normalized spacial score (nSPS) is 39.3. The number of ether oxygens (including phenoxy) is 16. The van der Waals surface area contributed by atoms with Crippen LogP contribution in [0.2, 0.25) is 0 Å². The van der Waals surface area contributed by atoms with Gasteiger partial charge in [-0.1, -0.05) is 74.9 Å². The number of aliphatic hydroxyl groups excluding tert-OH is 30. The lowest BCUT2D eigenvalue weighted by Gasteiger charge is -2.47. The molecule has 2 aromatic heterocycles. The van der Waals surface area contributed by atoms with Gasteiger partial charge in [0.1, 0.15) is 186 Å². The van der Waals surface area contributed by atoms with E-state index in [0.717, 1.165) is 11.3 Å². The summed E-state index contributed by atoms with van der Waals surface area (Å²) in [6.45, 7) is 19.5. The van der Waals surface area contributed by atoms with Crippen molar-refractivity contribution in [3.8, 4) is 5.75 Å². The van der Waals surface area contributed by atoms with Crippen molar-refractivity contribution in [2.24, 2.45) is 23.7 Å². The third-order valence-corrected chi connectivity index (χ3v) is 27.0. The third kappa shape index (κ3) is 33.3. The number of hydrogen-bond acceptors (Lipinski definition) is 53. The molecule has 33 N–H and O–H groups in total. The van der Waals surface area contributed by atoms with Crippen molar-refractivity contribution < 1.29 is 243 Å². The van der Waals surface area contributed by atoms with Crippen molar-refractivity contribution in [2.45, 2.75) is 338 Å². The molecule has 11 aliphatic rings. The third-order valence-electron chi connectivity index (χ3n) is 27.0. The molecule has 58 nitrogen and oxygen atoms in total. The number of methoxy groups -OCH3 is 2. The topological polar surface area (TPSA) is 903 Å². The molecule has 58 heteroatoms. The maximum atomic E-state index is 11.3. The first kappa shape index (κ1) is 132. The number of aryl methyl sites for hydroxylation is 1. The van der Waals surface area contributed by atoms with Gasteiger partial charge in [0.2, 0.25) is 17.7 Å². The van der Waals surface area contributed by atoms with Crippen LogP contribution in [0.4, 0.5) is 0 Å². The van der Waals surface area contributed by atoms with Crippen LogP contribution in [-0.4, -0.2) is 551 Å². The number of benzene rings is 1. The van der Waals surface area contributed by atoms with E-state index >= 15 is 0 Å². The number of nitrogens with one attached hydrogen (secondary N) is 3. The average Bonchev–Trinajstić information content (AvgIpc) is 1.61. The molecule has 0 aliphatic carbocycles. The highest BCUT2D eigenvalue weighted by atomic mass is 16.8. The zero-order valence-electron chi connectivity index (χ0n) is 85.4. The predicted molar refractivity (Wildman–Crippen MR) is 504 cm³/mol. The van der Waals surface area contributed by atoms with E-state index in [9.17, 15) is 111 Å². The number of fused-ring (bicyclic) bond motifs is 4. The fraction of sp³-hybridized carbons (Fsp3) is 0.815. The quantitative estimate of drug-likeness (QED) is 0.0287. The molecule has 42 atom stereocenters. The number of amides is 3. The van der Waals surface area contributed by atoms with E-state index in [4.69, 9.17) is 132 Å². The minimum atomic E-state index is -1.60. The summed E-state index contributed by atoms with van der Waals surface area (Å²) < 4.78 is 87.4. The van der Waals surface area contributed by atoms with Crippen LogP contribution in [0.5, 0.6) is 5.75 Å². The highest BCUT2D eigenvalue weighted by Gasteiger charge is 2.61. The summed E-state index contributed by atoms with van der Waals surface area (Å²) in [5, 5.41) is 307. The summed E-state index contributed by atoms with van der Waals surface area (Å²) in [5.74, 6) is -1.52. The van der Waals surface area contributed by atoms with Crippen LogP contribution in [-0.2, 0) is 105 Å². The predicted octanol–water partition coefficient (Wildman–Crippen LogP) is -14.8. The van der Waals surface area contributed by atoms with Crippen LogP contribution in [0.15, 0.2) is 62.0 Å². The Labute approximate surface area is 863 Å². The van der Waals surface area contributed by atoms with Gasteiger partial charge in [-0.3, -0.25) is 14.4 Å². The lowest BCUT2D eigenvalue weighted by atomic mass is 9.84. The number of nitrogens with zero attached hydrogens (tertiary/aromatic N) is 6. The summed E-state index contributed by atoms with van der Waals surface area (Å²) in [7, 11) is 2.85. The first-order valence-corrected chi connectivity index (χ1v) is 48.5. The number of carbonyl (C=O) groups excluding carboxylic acids is 3. The van der Waals surface area contributed by atoms with Crippen LogP contribution < -0.4 is 20.7 Å². The van der Waals surface area contributed by atoms with Crippen molar-refractivity contribution in [2.75, 3.05) is 113 Å². The van der Waals surface area contributed by atoms with E-state index in [0.29, 0.717) is 17.8 Å². The highest BCUT2D eigenvalue weighted by molar-refractivity contribution is 5.76. The molecule has 4 bridgehead atoms. The maximum absolute atomic E-state index is 11.3. The van der Waals surface area contributed by atoms with E-state index in [1.165, 1.54) is 62.7 Å². The second-order valence-corrected chi connectivity index (χ2v) is 37.9. The zero-order chi connectivity index (χ0) is 113. The van der Waals surface area contributed by atoms with Gasteiger partial charge in [-0.2, -0.15) is 0 Å². The van der Waals surface area contributed by atoms with Crippen molar-refractivity contribution in [1.82, 2.24) is 45.9 Å². The number of aromatic nitrogens is 6. The molecule has 150 heavy (non-hydrogen) atoms. The summed E-state index contributed by atoms with van der Waals surface area (Å²) >= 11 is 0. The fourth-order valence-electron chi connectivity index (χ4n) is 17.2. The molecule has 11 saturated heterocycles. The number of hydrogen-bond donors (Lipinski definition) is 33. The van der Waals surface area contributed by atoms with Gasteiger partial charge in [0.25, 0.3) is 0 Å². The van der Waals surface area contributed by atoms with Gasteiger partial charge >= 0.3 is 0 Å². The molecule has 1 aromatic carbocycles. The van der Waals surface area contributed by atoms with Crippen molar-refractivity contribution in [1.29, 1.82) is 0 Å².